The highest BCUT2D eigenvalue weighted by molar-refractivity contribution is 5.92. The Morgan fingerprint density at radius 3 is 2.63 bits per heavy atom. The minimum absolute atomic E-state index is 0.233. The Hall–Kier alpha value is -2.56. The minimum Gasteiger partial charge on any atom is -0.478 e. The number of carbonyl (C=O) groups is 1. The van der Waals surface area contributed by atoms with Crippen molar-refractivity contribution in [3.63, 3.8) is 0 Å². The maximum Gasteiger partial charge on any atom is 0.337 e. The maximum absolute atomic E-state index is 11.3. The zero-order chi connectivity index (χ0) is 14.0. The smallest absolute Gasteiger partial charge is 0.337 e. The summed E-state index contributed by atoms with van der Waals surface area (Å²) in [6, 6.07) is 8.64. The summed E-state index contributed by atoms with van der Waals surface area (Å²) in [5, 5.41) is 20.9. The summed E-state index contributed by atoms with van der Waals surface area (Å²) in [5.41, 5.74) is 3.28. The molecule has 1 heterocycles. The predicted octanol–water partition coefficient (Wildman–Crippen LogP) is 2.60. The minimum atomic E-state index is -0.972. The van der Waals surface area contributed by atoms with Gasteiger partial charge in [0.15, 0.2) is 0 Å². The van der Waals surface area contributed by atoms with E-state index in [4.69, 9.17) is 5.21 Å². The summed E-state index contributed by atoms with van der Waals surface area (Å²) >= 11 is 0. The Morgan fingerprint density at radius 1 is 1.32 bits per heavy atom. The molecule has 0 saturated heterocycles. The number of rotatable bonds is 3. The zero-order valence-electron chi connectivity index (χ0n) is 10.7. The number of benzene rings is 1. The number of nitrogens with zero attached hydrogens (tertiary/aromatic N) is 2. The molecular formula is C14H14N2O3. The monoisotopic (exact) mass is 258 g/mol. The lowest BCUT2D eigenvalue weighted by Crippen LogP contribution is -2.07. The molecule has 0 unspecified atom stereocenters. The van der Waals surface area contributed by atoms with Gasteiger partial charge in [0, 0.05) is 17.0 Å². The normalized spacial score (nSPS) is 11.1. The van der Waals surface area contributed by atoms with Crippen LogP contribution in [-0.2, 0) is 0 Å². The van der Waals surface area contributed by atoms with Gasteiger partial charge >= 0.3 is 5.97 Å². The number of oxime groups is 1. The van der Waals surface area contributed by atoms with Gasteiger partial charge in [0.05, 0.1) is 17.5 Å². The molecular weight excluding hydrogens is 244 g/mol. The maximum atomic E-state index is 11.3. The van der Waals surface area contributed by atoms with Crippen molar-refractivity contribution in [2.45, 2.75) is 13.8 Å². The number of carboxylic acid groups (broad SMARTS) is 1. The van der Waals surface area contributed by atoms with E-state index in [0.717, 1.165) is 17.0 Å². The number of hydrogen-bond acceptors (Lipinski definition) is 3. The molecule has 19 heavy (non-hydrogen) atoms. The first kappa shape index (κ1) is 12.9. The summed E-state index contributed by atoms with van der Waals surface area (Å²) < 4.78 is 1.83. The Balaban J connectivity index is 2.69. The Morgan fingerprint density at radius 2 is 2.00 bits per heavy atom. The first-order valence-electron chi connectivity index (χ1n) is 5.75. The molecule has 98 valence electrons. The third kappa shape index (κ3) is 2.22. The SMILES string of the molecule is Cc1cc(C=NO)c(C)n1-c1ccccc1C(=O)O. The highest BCUT2D eigenvalue weighted by atomic mass is 16.4. The molecule has 0 aliphatic heterocycles. The fraction of sp³-hybridized carbons (Fsp3) is 0.143. The van der Waals surface area contributed by atoms with Gasteiger partial charge in [-0.25, -0.2) is 4.79 Å². The molecule has 0 atom stereocenters. The van der Waals surface area contributed by atoms with Crippen molar-refractivity contribution in [1.82, 2.24) is 4.57 Å². The van der Waals surface area contributed by atoms with Crippen LogP contribution in [0.1, 0.15) is 27.3 Å². The van der Waals surface area contributed by atoms with Crippen LogP contribution in [0.15, 0.2) is 35.5 Å². The summed E-state index contributed by atoms with van der Waals surface area (Å²) in [7, 11) is 0. The van der Waals surface area contributed by atoms with Crippen LogP contribution in [0.25, 0.3) is 5.69 Å². The van der Waals surface area contributed by atoms with Gasteiger partial charge in [0.1, 0.15) is 0 Å². The van der Waals surface area contributed by atoms with Gasteiger partial charge in [0.2, 0.25) is 0 Å². The lowest BCUT2D eigenvalue weighted by atomic mass is 10.1. The van der Waals surface area contributed by atoms with Crippen LogP contribution in [0.2, 0.25) is 0 Å². The first-order valence-corrected chi connectivity index (χ1v) is 5.75. The summed E-state index contributed by atoms with van der Waals surface area (Å²) in [6.45, 7) is 3.73. The fourth-order valence-electron chi connectivity index (χ4n) is 2.20. The topological polar surface area (TPSA) is 74.8 Å². The van der Waals surface area contributed by atoms with Crippen LogP contribution < -0.4 is 0 Å². The van der Waals surface area contributed by atoms with Gasteiger partial charge in [-0.1, -0.05) is 17.3 Å². The molecule has 0 saturated carbocycles. The molecule has 0 spiro atoms. The number of para-hydroxylation sites is 1. The number of hydrogen-bond donors (Lipinski definition) is 2. The molecule has 1 aromatic heterocycles. The van der Waals surface area contributed by atoms with Crippen molar-refractivity contribution in [3.8, 4) is 5.69 Å². The van der Waals surface area contributed by atoms with Crippen molar-refractivity contribution in [2.75, 3.05) is 0 Å². The van der Waals surface area contributed by atoms with Gasteiger partial charge in [0.25, 0.3) is 0 Å². The summed E-state index contributed by atoms with van der Waals surface area (Å²) in [4.78, 5) is 11.3. The van der Waals surface area contributed by atoms with Crippen LogP contribution in [0.3, 0.4) is 0 Å². The largest absolute Gasteiger partial charge is 0.478 e. The quantitative estimate of drug-likeness (QED) is 0.505. The van der Waals surface area contributed by atoms with Gasteiger partial charge in [-0.2, -0.15) is 0 Å². The van der Waals surface area contributed by atoms with E-state index < -0.39 is 5.97 Å². The van der Waals surface area contributed by atoms with Gasteiger partial charge in [-0.05, 0) is 32.0 Å². The van der Waals surface area contributed by atoms with Crippen molar-refractivity contribution in [1.29, 1.82) is 0 Å². The van der Waals surface area contributed by atoms with E-state index in [1.165, 1.54) is 6.21 Å². The molecule has 0 amide bonds. The Kier molecular flexibility index (Phi) is 3.37. The third-order valence-electron chi connectivity index (χ3n) is 3.04. The molecule has 1 aromatic carbocycles. The van der Waals surface area contributed by atoms with Gasteiger partial charge in [-0.15, -0.1) is 0 Å². The molecule has 5 nitrogen and oxygen atoms in total. The molecule has 0 bridgehead atoms. The number of aromatic nitrogens is 1. The second-order valence-electron chi connectivity index (χ2n) is 4.23. The van der Waals surface area contributed by atoms with E-state index in [1.807, 2.05) is 24.5 Å². The second kappa shape index (κ2) is 4.97. The average Bonchev–Trinajstić information content (AvgIpc) is 2.65. The van der Waals surface area contributed by atoms with E-state index in [-0.39, 0.29) is 5.56 Å². The van der Waals surface area contributed by atoms with E-state index in [9.17, 15) is 9.90 Å². The standard InChI is InChI=1S/C14H14N2O3/c1-9-7-11(8-15-19)10(2)16(9)13-6-4-3-5-12(13)14(17)18/h3-8,19H,1-2H3,(H,17,18). The van der Waals surface area contributed by atoms with Crippen molar-refractivity contribution < 1.29 is 15.1 Å². The lowest BCUT2D eigenvalue weighted by Gasteiger charge is -2.12. The van der Waals surface area contributed by atoms with Crippen LogP contribution in [0.5, 0.6) is 0 Å². The number of carboxylic acids is 1. The molecule has 2 N–H and O–H groups in total. The molecule has 0 radical (unpaired) electrons. The van der Waals surface area contributed by atoms with E-state index in [0.29, 0.717) is 5.69 Å². The second-order valence-corrected chi connectivity index (χ2v) is 4.23. The molecule has 0 fully saturated rings. The molecule has 0 aliphatic carbocycles. The van der Waals surface area contributed by atoms with Crippen LogP contribution in [0.4, 0.5) is 0 Å². The summed E-state index contributed by atoms with van der Waals surface area (Å²) in [5.74, 6) is -0.972. The molecule has 2 aromatic rings. The lowest BCUT2D eigenvalue weighted by molar-refractivity contribution is 0.0697. The average molecular weight is 258 g/mol. The van der Waals surface area contributed by atoms with E-state index >= 15 is 0 Å². The van der Waals surface area contributed by atoms with Crippen molar-refractivity contribution >= 4 is 12.2 Å². The fourth-order valence-corrected chi connectivity index (χ4v) is 2.20. The van der Waals surface area contributed by atoms with Crippen LogP contribution in [-0.4, -0.2) is 27.1 Å². The molecule has 5 heteroatoms. The van der Waals surface area contributed by atoms with Gasteiger partial charge in [-0.3, -0.25) is 0 Å². The molecule has 2 rings (SSSR count). The number of aryl methyl sites for hydroxylation is 1. The van der Waals surface area contributed by atoms with Crippen molar-refractivity contribution in [2.24, 2.45) is 5.16 Å². The van der Waals surface area contributed by atoms with Crippen LogP contribution in [0, 0.1) is 13.8 Å². The van der Waals surface area contributed by atoms with Gasteiger partial charge < -0.3 is 14.9 Å². The van der Waals surface area contributed by atoms with E-state index in [2.05, 4.69) is 5.16 Å². The third-order valence-corrected chi connectivity index (χ3v) is 3.04. The summed E-state index contributed by atoms with van der Waals surface area (Å²) in [6.07, 6.45) is 1.34. The predicted molar refractivity (Wildman–Crippen MR) is 71.6 cm³/mol. The highest BCUT2D eigenvalue weighted by Crippen LogP contribution is 2.22. The highest BCUT2D eigenvalue weighted by Gasteiger charge is 2.15. The number of aromatic carboxylic acids is 1. The zero-order valence-corrected chi connectivity index (χ0v) is 10.7. The molecule has 0 aliphatic rings. The van der Waals surface area contributed by atoms with E-state index in [1.54, 1.807) is 24.3 Å². The van der Waals surface area contributed by atoms with Crippen molar-refractivity contribution in [3.05, 3.63) is 52.8 Å². The van der Waals surface area contributed by atoms with Crippen LogP contribution >= 0.6 is 0 Å². The first-order chi connectivity index (χ1) is 9.06. The Bertz CT molecular complexity index is 657. The Labute approximate surface area is 110 Å².